The molecule has 0 saturated heterocycles. The number of hydrogen-bond acceptors (Lipinski definition) is 6. The van der Waals surface area contributed by atoms with E-state index < -0.39 is 0 Å². The molecule has 1 aliphatic heterocycles. The lowest BCUT2D eigenvalue weighted by atomic mass is 9.97. The number of aromatic nitrogens is 4. The lowest BCUT2D eigenvalue weighted by molar-refractivity contribution is 0.298. The quantitative estimate of drug-likeness (QED) is 0.152. The molecular formula is C29H36N6OS. The summed E-state index contributed by atoms with van der Waals surface area (Å²) in [6.07, 6.45) is 7.30. The summed E-state index contributed by atoms with van der Waals surface area (Å²) in [5.74, 6) is 1.08. The zero-order chi connectivity index (χ0) is 25.8. The number of aromatic amines is 2. The van der Waals surface area contributed by atoms with Gasteiger partial charge in [0.1, 0.15) is 11.4 Å². The van der Waals surface area contributed by atoms with Gasteiger partial charge in [0.2, 0.25) is 0 Å². The summed E-state index contributed by atoms with van der Waals surface area (Å²) in [6, 6.07) is 11.9. The van der Waals surface area contributed by atoms with E-state index in [2.05, 4.69) is 74.8 Å². The van der Waals surface area contributed by atoms with Crippen molar-refractivity contribution in [1.29, 1.82) is 0 Å². The van der Waals surface area contributed by atoms with E-state index >= 15 is 0 Å². The summed E-state index contributed by atoms with van der Waals surface area (Å²) in [5, 5.41) is 19.3. The molecule has 0 unspecified atom stereocenters. The van der Waals surface area contributed by atoms with E-state index in [0.29, 0.717) is 11.0 Å². The van der Waals surface area contributed by atoms with Gasteiger partial charge in [-0.1, -0.05) is 50.9 Å². The van der Waals surface area contributed by atoms with Gasteiger partial charge in [0, 0.05) is 30.3 Å². The number of benzene rings is 2. The standard InChI is InChI=1S/C29H36N6OS/c1-4-20-16-23(36)7-9-24(20)22-6-8-25-26(17-22)33-34-28(25)29-30-18-27(32-29)21-10-14-35(15-11-21)13-5-12-31-37-19(2)3/h6-10,16-19,31,36H,4-5,11-15H2,1-3H3,(H,30,32)(H,33,34). The zero-order valence-corrected chi connectivity index (χ0v) is 22.7. The van der Waals surface area contributed by atoms with Crippen LogP contribution in [0.2, 0.25) is 0 Å². The van der Waals surface area contributed by atoms with Gasteiger partial charge in [0.25, 0.3) is 0 Å². The van der Waals surface area contributed by atoms with Crippen molar-refractivity contribution in [2.45, 2.75) is 45.3 Å². The maximum atomic E-state index is 9.86. The molecule has 1 aliphatic rings. The molecule has 0 bridgehead atoms. The minimum atomic E-state index is 0.300. The molecule has 5 rings (SSSR count). The lowest BCUT2D eigenvalue weighted by Gasteiger charge is -2.25. The molecule has 8 heteroatoms. The number of phenols is 1. The van der Waals surface area contributed by atoms with E-state index in [4.69, 9.17) is 0 Å². The Morgan fingerprint density at radius 3 is 2.86 bits per heavy atom. The van der Waals surface area contributed by atoms with Crippen molar-refractivity contribution in [3.63, 3.8) is 0 Å². The predicted molar refractivity (Wildman–Crippen MR) is 155 cm³/mol. The van der Waals surface area contributed by atoms with Crippen molar-refractivity contribution in [3.05, 3.63) is 59.9 Å². The number of aryl methyl sites for hydroxylation is 1. The van der Waals surface area contributed by atoms with Gasteiger partial charge in [-0.3, -0.25) is 14.7 Å². The van der Waals surface area contributed by atoms with Crippen LogP contribution in [0.5, 0.6) is 5.75 Å². The maximum Gasteiger partial charge on any atom is 0.159 e. The van der Waals surface area contributed by atoms with Crippen LogP contribution in [0, 0.1) is 0 Å². The average molecular weight is 517 g/mol. The number of nitrogens with one attached hydrogen (secondary N) is 3. The number of hydrogen-bond donors (Lipinski definition) is 4. The Balaban J connectivity index is 1.26. The third-order valence-corrected chi connectivity index (χ3v) is 7.70. The Morgan fingerprint density at radius 1 is 1.19 bits per heavy atom. The molecule has 0 atom stereocenters. The zero-order valence-electron chi connectivity index (χ0n) is 21.8. The number of imidazole rings is 1. The molecule has 194 valence electrons. The number of nitrogens with zero attached hydrogens (tertiary/aromatic N) is 3. The van der Waals surface area contributed by atoms with Crippen LogP contribution in [0.4, 0.5) is 0 Å². The minimum absolute atomic E-state index is 0.300. The van der Waals surface area contributed by atoms with Crippen LogP contribution in [-0.4, -0.2) is 61.6 Å². The molecule has 0 fully saturated rings. The van der Waals surface area contributed by atoms with Crippen molar-refractivity contribution in [2.75, 3.05) is 26.2 Å². The van der Waals surface area contributed by atoms with Gasteiger partial charge in [-0.25, -0.2) is 4.98 Å². The lowest BCUT2D eigenvalue weighted by Crippen LogP contribution is -2.30. The SMILES string of the molecule is CCc1cc(O)ccc1-c1ccc2c(-c3ncc(C4=CCN(CCCNSC(C)C)CC4)[nH]3)n[nH]c2c1. The first-order chi connectivity index (χ1) is 18.0. The first kappa shape index (κ1) is 25.6. The third-order valence-electron chi connectivity index (χ3n) is 6.86. The van der Waals surface area contributed by atoms with Gasteiger partial charge >= 0.3 is 0 Å². The van der Waals surface area contributed by atoms with Gasteiger partial charge in [0.05, 0.1) is 17.4 Å². The molecule has 2 aromatic heterocycles. The van der Waals surface area contributed by atoms with Gasteiger partial charge < -0.3 is 10.1 Å². The summed E-state index contributed by atoms with van der Waals surface area (Å²) in [6.45, 7) is 10.7. The molecule has 2 aromatic carbocycles. The van der Waals surface area contributed by atoms with Gasteiger partial charge in [-0.2, -0.15) is 5.10 Å². The van der Waals surface area contributed by atoms with E-state index in [1.165, 1.54) is 5.57 Å². The van der Waals surface area contributed by atoms with Crippen LogP contribution in [-0.2, 0) is 6.42 Å². The molecule has 37 heavy (non-hydrogen) atoms. The Morgan fingerprint density at radius 2 is 2.08 bits per heavy atom. The van der Waals surface area contributed by atoms with Crippen LogP contribution in [0.1, 0.15) is 44.9 Å². The first-order valence-corrected chi connectivity index (χ1v) is 14.1. The normalized spacial score (nSPS) is 14.5. The second-order valence-electron chi connectivity index (χ2n) is 9.87. The monoisotopic (exact) mass is 516 g/mol. The second-order valence-corrected chi connectivity index (χ2v) is 11.3. The molecule has 4 N–H and O–H groups in total. The summed E-state index contributed by atoms with van der Waals surface area (Å²) in [7, 11) is 0. The summed E-state index contributed by atoms with van der Waals surface area (Å²) in [5.41, 5.74) is 7.55. The molecule has 0 radical (unpaired) electrons. The Labute approximate surface area is 222 Å². The highest BCUT2D eigenvalue weighted by Crippen LogP contribution is 2.32. The van der Waals surface area contributed by atoms with E-state index in [-0.39, 0.29) is 0 Å². The van der Waals surface area contributed by atoms with Crippen molar-refractivity contribution in [3.8, 4) is 28.4 Å². The number of rotatable bonds is 10. The molecule has 0 aliphatic carbocycles. The topological polar surface area (TPSA) is 92.9 Å². The van der Waals surface area contributed by atoms with E-state index in [1.54, 1.807) is 6.07 Å². The minimum Gasteiger partial charge on any atom is -0.508 e. The number of fused-ring (bicyclic) bond motifs is 1. The van der Waals surface area contributed by atoms with Crippen LogP contribution in [0.3, 0.4) is 0 Å². The summed E-state index contributed by atoms with van der Waals surface area (Å²) < 4.78 is 3.45. The van der Waals surface area contributed by atoms with Crippen LogP contribution >= 0.6 is 11.9 Å². The third kappa shape index (κ3) is 5.92. The molecule has 4 aromatic rings. The Hall–Kier alpha value is -3.07. The fraction of sp³-hybridized carbons (Fsp3) is 0.379. The fourth-order valence-electron chi connectivity index (χ4n) is 4.89. The molecule has 0 amide bonds. The Kier molecular flexibility index (Phi) is 7.98. The second kappa shape index (κ2) is 11.5. The molecule has 0 spiro atoms. The first-order valence-electron chi connectivity index (χ1n) is 13.2. The van der Waals surface area contributed by atoms with Gasteiger partial charge in [0.15, 0.2) is 5.82 Å². The van der Waals surface area contributed by atoms with E-state index in [1.807, 2.05) is 30.3 Å². The smallest absolute Gasteiger partial charge is 0.159 e. The molecule has 3 heterocycles. The van der Waals surface area contributed by atoms with Crippen molar-refractivity contribution in [1.82, 2.24) is 29.8 Å². The number of H-pyrrole nitrogens is 2. The molecule has 7 nitrogen and oxygen atoms in total. The van der Waals surface area contributed by atoms with Crippen molar-refractivity contribution < 1.29 is 5.11 Å². The number of phenolic OH excluding ortho intramolecular Hbond substituents is 1. The summed E-state index contributed by atoms with van der Waals surface area (Å²) in [4.78, 5) is 10.7. The van der Waals surface area contributed by atoms with Crippen molar-refractivity contribution >= 4 is 28.4 Å². The van der Waals surface area contributed by atoms with Gasteiger partial charge in [-0.15, -0.1) is 0 Å². The average Bonchev–Trinajstić information content (AvgIpc) is 3.55. The molecule has 0 saturated carbocycles. The van der Waals surface area contributed by atoms with E-state index in [0.717, 1.165) is 90.2 Å². The van der Waals surface area contributed by atoms with Crippen LogP contribution < -0.4 is 4.72 Å². The highest BCUT2D eigenvalue weighted by atomic mass is 32.2. The van der Waals surface area contributed by atoms with Crippen LogP contribution in [0.25, 0.3) is 39.1 Å². The highest BCUT2D eigenvalue weighted by molar-refractivity contribution is 7.97. The van der Waals surface area contributed by atoms with Gasteiger partial charge in [-0.05, 0) is 72.3 Å². The largest absolute Gasteiger partial charge is 0.508 e. The van der Waals surface area contributed by atoms with E-state index in [9.17, 15) is 5.11 Å². The predicted octanol–water partition coefficient (Wildman–Crippen LogP) is 6.01. The maximum absolute atomic E-state index is 9.86. The fourth-order valence-corrected chi connectivity index (χ4v) is 5.48. The highest BCUT2D eigenvalue weighted by Gasteiger charge is 2.17. The van der Waals surface area contributed by atoms with Crippen LogP contribution in [0.15, 0.2) is 48.7 Å². The summed E-state index contributed by atoms with van der Waals surface area (Å²) >= 11 is 1.81. The Bertz CT molecular complexity index is 1390. The van der Waals surface area contributed by atoms with Crippen molar-refractivity contribution in [2.24, 2.45) is 0 Å². The molecular weight excluding hydrogens is 480 g/mol. The number of aromatic hydroxyl groups is 1.